The lowest BCUT2D eigenvalue weighted by molar-refractivity contribution is 0.143. The summed E-state index contributed by atoms with van der Waals surface area (Å²) < 4.78 is 3.74. The molecule has 28 heavy (non-hydrogen) atoms. The monoisotopic (exact) mass is 369 g/mol. The summed E-state index contributed by atoms with van der Waals surface area (Å²) in [5, 5.41) is 13.9. The van der Waals surface area contributed by atoms with Crippen LogP contribution in [0.25, 0.3) is 22.8 Å². The Morgan fingerprint density at radius 1 is 1.04 bits per heavy atom. The number of rotatable bonds is 3. The van der Waals surface area contributed by atoms with E-state index in [1.807, 2.05) is 59.3 Å². The molecule has 6 heteroatoms. The molecule has 0 atom stereocenters. The second-order valence-corrected chi connectivity index (χ2v) is 6.87. The molecule has 2 heterocycles. The number of aromatic nitrogens is 5. The second-order valence-electron chi connectivity index (χ2n) is 6.87. The predicted molar refractivity (Wildman–Crippen MR) is 107 cm³/mol. The van der Waals surface area contributed by atoms with Crippen molar-refractivity contribution in [2.24, 2.45) is 0 Å². The van der Waals surface area contributed by atoms with Gasteiger partial charge in [0.15, 0.2) is 0 Å². The average Bonchev–Trinajstić information content (AvgIpc) is 3.38. The molecule has 0 aliphatic heterocycles. The number of hydrogen-bond acceptors (Lipinski definition) is 4. The standard InChI is InChI=1S/C22H19N5O/c1-22(2,28)11-10-17-6-8-18(9-7-17)21-24-12-13-26(21)19-4-3-5-20(14-19)27-16-23-15-25-27/h3-9,12-16,28H,1-2H3. The molecule has 4 aromatic rings. The Bertz CT molecular complexity index is 1140. The lowest BCUT2D eigenvalue weighted by Crippen LogP contribution is -2.14. The highest BCUT2D eigenvalue weighted by atomic mass is 16.3. The molecule has 6 nitrogen and oxygen atoms in total. The van der Waals surface area contributed by atoms with Gasteiger partial charge >= 0.3 is 0 Å². The minimum Gasteiger partial charge on any atom is -0.378 e. The number of aliphatic hydroxyl groups is 1. The molecule has 0 bridgehead atoms. The van der Waals surface area contributed by atoms with Gasteiger partial charge in [0, 0.05) is 29.2 Å². The first-order chi connectivity index (χ1) is 13.5. The SMILES string of the molecule is CC(C)(O)C#Cc1ccc(-c2nccn2-c2cccc(-n3cncn3)c2)cc1. The van der Waals surface area contributed by atoms with E-state index in [2.05, 4.69) is 26.9 Å². The van der Waals surface area contributed by atoms with Crippen molar-refractivity contribution in [2.75, 3.05) is 0 Å². The van der Waals surface area contributed by atoms with E-state index < -0.39 is 5.60 Å². The molecule has 138 valence electrons. The molecule has 0 amide bonds. The van der Waals surface area contributed by atoms with Gasteiger partial charge < -0.3 is 5.11 Å². The Kier molecular flexibility index (Phi) is 4.52. The third-order valence-electron chi connectivity index (χ3n) is 4.09. The number of hydrogen-bond donors (Lipinski definition) is 1. The first kappa shape index (κ1) is 17.7. The molecule has 0 fully saturated rings. The minimum atomic E-state index is -1.01. The Hall–Kier alpha value is -3.69. The van der Waals surface area contributed by atoms with Gasteiger partial charge in [0.25, 0.3) is 0 Å². The first-order valence-electron chi connectivity index (χ1n) is 8.84. The van der Waals surface area contributed by atoms with Gasteiger partial charge in [-0.2, -0.15) is 5.10 Å². The van der Waals surface area contributed by atoms with Crippen LogP contribution in [0.4, 0.5) is 0 Å². The Morgan fingerprint density at radius 2 is 1.82 bits per heavy atom. The summed E-state index contributed by atoms with van der Waals surface area (Å²) in [5.74, 6) is 6.64. The molecule has 0 aliphatic carbocycles. The Balaban J connectivity index is 1.67. The lowest BCUT2D eigenvalue weighted by Gasteiger charge is -2.10. The number of nitrogens with zero attached hydrogens (tertiary/aromatic N) is 5. The quantitative estimate of drug-likeness (QED) is 0.563. The van der Waals surface area contributed by atoms with Crippen molar-refractivity contribution < 1.29 is 5.11 Å². The molecule has 0 spiro atoms. The first-order valence-corrected chi connectivity index (χ1v) is 8.84. The van der Waals surface area contributed by atoms with Gasteiger partial charge in [-0.15, -0.1) is 0 Å². The number of benzene rings is 2. The zero-order chi connectivity index (χ0) is 19.6. The predicted octanol–water partition coefficient (Wildman–Crippen LogP) is 3.24. The zero-order valence-electron chi connectivity index (χ0n) is 15.6. The van der Waals surface area contributed by atoms with E-state index in [9.17, 15) is 5.11 Å². The molecule has 4 rings (SSSR count). The van der Waals surface area contributed by atoms with Crippen LogP contribution in [-0.4, -0.2) is 35.0 Å². The van der Waals surface area contributed by atoms with Crippen molar-refractivity contribution in [3.05, 3.63) is 79.1 Å². The van der Waals surface area contributed by atoms with Gasteiger partial charge in [0.05, 0.1) is 5.69 Å². The van der Waals surface area contributed by atoms with Crippen LogP contribution in [0.5, 0.6) is 0 Å². The molecular weight excluding hydrogens is 350 g/mol. The maximum Gasteiger partial charge on any atom is 0.144 e. The molecule has 2 aromatic carbocycles. The van der Waals surface area contributed by atoms with Gasteiger partial charge in [-0.1, -0.05) is 30.0 Å². The Morgan fingerprint density at radius 3 is 2.54 bits per heavy atom. The molecule has 1 N–H and O–H groups in total. The summed E-state index contributed by atoms with van der Waals surface area (Å²) in [5.41, 5.74) is 2.71. The van der Waals surface area contributed by atoms with Crippen molar-refractivity contribution >= 4 is 0 Å². The molecule has 0 saturated heterocycles. The molecule has 0 aliphatic rings. The molecule has 2 aromatic heterocycles. The van der Waals surface area contributed by atoms with Gasteiger partial charge in [-0.3, -0.25) is 4.57 Å². The van der Waals surface area contributed by atoms with E-state index in [-0.39, 0.29) is 0 Å². The fourth-order valence-corrected chi connectivity index (χ4v) is 2.78. The molecule has 0 radical (unpaired) electrons. The van der Waals surface area contributed by atoms with Crippen molar-refractivity contribution in [1.82, 2.24) is 24.3 Å². The van der Waals surface area contributed by atoms with Gasteiger partial charge in [0.2, 0.25) is 0 Å². The largest absolute Gasteiger partial charge is 0.378 e. The van der Waals surface area contributed by atoms with E-state index in [1.54, 1.807) is 31.1 Å². The van der Waals surface area contributed by atoms with Crippen LogP contribution in [-0.2, 0) is 0 Å². The topological polar surface area (TPSA) is 68.8 Å². The van der Waals surface area contributed by atoms with Crippen LogP contribution >= 0.6 is 0 Å². The van der Waals surface area contributed by atoms with E-state index in [4.69, 9.17) is 0 Å². The third-order valence-corrected chi connectivity index (χ3v) is 4.09. The highest BCUT2D eigenvalue weighted by Gasteiger charge is 2.09. The summed E-state index contributed by atoms with van der Waals surface area (Å²) >= 11 is 0. The van der Waals surface area contributed by atoms with Gasteiger partial charge in [-0.25, -0.2) is 14.6 Å². The van der Waals surface area contributed by atoms with Crippen LogP contribution in [0, 0.1) is 11.8 Å². The summed E-state index contributed by atoms with van der Waals surface area (Å²) in [6.45, 7) is 3.33. The van der Waals surface area contributed by atoms with Crippen LogP contribution in [0.3, 0.4) is 0 Å². The van der Waals surface area contributed by atoms with Crippen molar-refractivity contribution in [3.63, 3.8) is 0 Å². The zero-order valence-corrected chi connectivity index (χ0v) is 15.6. The van der Waals surface area contributed by atoms with E-state index in [0.29, 0.717) is 0 Å². The van der Waals surface area contributed by atoms with Crippen LogP contribution in [0.2, 0.25) is 0 Å². The fraction of sp³-hybridized carbons (Fsp3) is 0.136. The van der Waals surface area contributed by atoms with Crippen molar-refractivity contribution in [1.29, 1.82) is 0 Å². The number of imidazole rings is 1. The maximum absolute atomic E-state index is 9.74. The fourth-order valence-electron chi connectivity index (χ4n) is 2.78. The molecular formula is C22H19N5O. The van der Waals surface area contributed by atoms with Crippen molar-refractivity contribution in [3.8, 4) is 34.6 Å². The average molecular weight is 369 g/mol. The second kappa shape index (κ2) is 7.14. The van der Waals surface area contributed by atoms with E-state index >= 15 is 0 Å². The van der Waals surface area contributed by atoms with E-state index in [1.165, 1.54) is 6.33 Å². The normalized spacial score (nSPS) is 11.1. The highest BCUT2D eigenvalue weighted by Crippen LogP contribution is 2.23. The smallest absolute Gasteiger partial charge is 0.144 e. The van der Waals surface area contributed by atoms with Crippen molar-refractivity contribution in [2.45, 2.75) is 19.4 Å². The van der Waals surface area contributed by atoms with Gasteiger partial charge in [0.1, 0.15) is 24.1 Å². The van der Waals surface area contributed by atoms with Crippen LogP contribution in [0.15, 0.2) is 73.6 Å². The molecule has 0 saturated carbocycles. The Labute approximate surface area is 163 Å². The highest BCUT2D eigenvalue weighted by molar-refractivity contribution is 5.61. The van der Waals surface area contributed by atoms with Crippen LogP contribution < -0.4 is 0 Å². The van der Waals surface area contributed by atoms with E-state index in [0.717, 1.165) is 28.3 Å². The molecule has 0 unspecified atom stereocenters. The summed E-state index contributed by atoms with van der Waals surface area (Å²) in [4.78, 5) is 8.52. The summed E-state index contributed by atoms with van der Waals surface area (Å²) in [6.07, 6.45) is 6.89. The lowest BCUT2D eigenvalue weighted by atomic mass is 10.1. The van der Waals surface area contributed by atoms with Gasteiger partial charge in [-0.05, 0) is 44.2 Å². The summed E-state index contributed by atoms with van der Waals surface area (Å²) in [7, 11) is 0. The maximum atomic E-state index is 9.74. The minimum absolute atomic E-state index is 0.831. The third kappa shape index (κ3) is 3.85. The van der Waals surface area contributed by atoms with Crippen LogP contribution in [0.1, 0.15) is 19.4 Å². The summed E-state index contributed by atoms with van der Waals surface area (Å²) in [6, 6.07) is 15.8.